The van der Waals surface area contributed by atoms with Crippen molar-refractivity contribution in [3.8, 4) is 0 Å². The van der Waals surface area contributed by atoms with Crippen LogP contribution in [0.15, 0.2) is 18.2 Å². The summed E-state index contributed by atoms with van der Waals surface area (Å²) in [6, 6.07) is 6.11. The molecule has 0 unspecified atom stereocenters. The average Bonchev–Trinajstić information content (AvgIpc) is 2.32. The van der Waals surface area contributed by atoms with Gasteiger partial charge in [-0.15, -0.1) is 0 Å². The van der Waals surface area contributed by atoms with Crippen LogP contribution in [0.2, 0.25) is 5.02 Å². The number of anilines is 1. The molecule has 0 fully saturated rings. The fraction of sp³-hybridized carbons (Fsp3) is 0.600. The van der Waals surface area contributed by atoms with E-state index in [-0.39, 0.29) is 0 Å². The smallest absolute Gasteiger partial charge is 0.0637 e. The quantitative estimate of drug-likeness (QED) is 0.610. The molecule has 0 saturated carbocycles. The second kappa shape index (κ2) is 8.41. The molecule has 0 radical (unpaired) electrons. The van der Waals surface area contributed by atoms with Gasteiger partial charge in [0.05, 0.1) is 10.7 Å². The molecule has 1 aromatic rings. The highest BCUT2D eigenvalue weighted by Crippen LogP contribution is 2.22. The molecule has 17 heavy (non-hydrogen) atoms. The Morgan fingerprint density at radius 1 is 1.06 bits per heavy atom. The first-order valence-corrected chi connectivity index (χ1v) is 7.12. The average molecular weight is 254 g/mol. The monoisotopic (exact) mass is 253 g/mol. The summed E-state index contributed by atoms with van der Waals surface area (Å²) >= 11 is 6.12. The molecule has 0 atom stereocenters. The second-order valence-electron chi connectivity index (χ2n) is 4.68. The van der Waals surface area contributed by atoms with Crippen LogP contribution in [-0.4, -0.2) is 6.54 Å². The molecule has 1 N–H and O–H groups in total. The van der Waals surface area contributed by atoms with Crippen molar-refractivity contribution in [2.75, 3.05) is 11.9 Å². The van der Waals surface area contributed by atoms with Crippen molar-refractivity contribution in [2.45, 2.75) is 52.4 Å². The zero-order chi connectivity index (χ0) is 12.5. The van der Waals surface area contributed by atoms with Crippen molar-refractivity contribution in [3.63, 3.8) is 0 Å². The van der Waals surface area contributed by atoms with E-state index in [1.165, 1.54) is 44.1 Å². The maximum Gasteiger partial charge on any atom is 0.0637 e. The van der Waals surface area contributed by atoms with Gasteiger partial charge in [-0.25, -0.2) is 0 Å². The Morgan fingerprint density at radius 2 is 1.76 bits per heavy atom. The van der Waals surface area contributed by atoms with E-state index >= 15 is 0 Å². The number of nitrogens with one attached hydrogen (secondary N) is 1. The number of hydrogen-bond acceptors (Lipinski definition) is 1. The third-order valence-corrected chi connectivity index (χ3v) is 3.30. The van der Waals surface area contributed by atoms with Crippen molar-refractivity contribution in [1.82, 2.24) is 0 Å². The normalized spacial score (nSPS) is 10.5. The Hall–Kier alpha value is -0.690. The van der Waals surface area contributed by atoms with Crippen LogP contribution in [0.5, 0.6) is 0 Å². The van der Waals surface area contributed by atoms with Gasteiger partial charge in [0.15, 0.2) is 0 Å². The van der Waals surface area contributed by atoms with Gasteiger partial charge in [0, 0.05) is 6.54 Å². The number of rotatable bonds is 8. The van der Waals surface area contributed by atoms with Gasteiger partial charge in [0.1, 0.15) is 0 Å². The molecule has 1 nitrogen and oxygen atoms in total. The summed E-state index contributed by atoms with van der Waals surface area (Å²) in [5.41, 5.74) is 2.32. The SMILES string of the molecule is CCCCCCCCNc1cc(C)ccc1Cl. The number of halogens is 1. The number of aryl methyl sites for hydroxylation is 1. The van der Waals surface area contributed by atoms with Gasteiger partial charge in [-0.05, 0) is 31.0 Å². The summed E-state index contributed by atoms with van der Waals surface area (Å²) in [7, 11) is 0. The zero-order valence-electron chi connectivity index (χ0n) is 11.1. The van der Waals surface area contributed by atoms with Crippen LogP contribution in [0.3, 0.4) is 0 Å². The molecular formula is C15H24ClN. The molecule has 2 heteroatoms. The lowest BCUT2D eigenvalue weighted by Crippen LogP contribution is -2.02. The molecule has 0 bridgehead atoms. The summed E-state index contributed by atoms with van der Waals surface area (Å²) in [6.45, 7) is 5.36. The van der Waals surface area contributed by atoms with Crippen LogP contribution in [0, 0.1) is 6.92 Å². The van der Waals surface area contributed by atoms with Crippen molar-refractivity contribution in [1.29, 1.82) is 0 Å². The maximum atomic E-state index is 6.12. The Labute approximate surface area is 111 Å². The Kier molecular flexibility index (Phi) is 7.11. The van der Waals surface area contributed by atoms with Crippen LogP contribution in [0.1, 0.15) is 51.0 Å². The molecule has 1 rings (SSSR count). The van der Waals surface area contributed by atoms with Crippen molar-refractivity contribution < 1.29 is 0 Å². The highest BCUT2D eigenvalue weighted by atomic mass is 35.5. The zero-order valence-corrected chi connectivity index (χ0v) is 11.8. The second-order valence-corrected chi connectivity index (χ2v) is 5.09. The highest BCUT2D eigenvalue weighted by molar-refractivity contribution is 6.33. The summed E-state index contributed by atoms with van der Waals surface area (Å²) in [5, 5.41) is 4.23. The molecule has 0 saturated heterocycles. The number of hydrogen-bond donors (Lipinski definition) is 1. The van der Waals surface area contributed by atoms with Crippen LogP contribution in [-0.2, 0) is 0 Å². The van der Waals surface area contributed by atoms with E-state index in [1.807, 2.05) is 12.1 Å². The molecule has 0 aliphatic heterocycles. The minimum absolute atomic E-state index is 0.821. The van der Waals surface area contributed by atoms with Crippen LogP contribution in [0.25, 0.3) is 0 Å². The van der Waals surface area contributed by atoms with E-state index in [9.17, 15) is 0 Å². The molecule has 0 aliphatic carbocycles. The first-order chi connectivity index (χ1) is 8.24. The van der Waals surface area contributed by atoms with E-state index in [0.29, 0.717) is 0 Å². The van der Waals surface area contributed by atoms with Gasteiger partial charge in [-0.3, -0.25) is 0 Å². The highest BCUT2D eigenvalue weighted by Gasteiger charge is 1.99. The standard InChI is InChI=1S/C15H24ClN/c1-3-4-5-6-7-8-11-17-15-12-13(2)9-10-14(15)16/h9-10,12,17H,3-8,11H2,1-2H3. The third-order valence-electron chi connectivity index (χ3n) is 2.97. The first kappa shape index (κ1) is 14.4. The molecule has 96 valence electrons. The van der Waals surface area contributed by atoms with E-state index in [1.54, 1.807) is 0 Å². The first-order valence-electron chi connectivity index (χ1n) is 6.74. The lowest BCUT2D eigenvalue weighted by molar-refractivity contribution is 0.617. The predicted molar refractivity (Wildman–Crippen MR) is 78.1 cm³/mol. The van der Waals surface area contributed by atoms with E-state index in [2.05, 4.69) is 25.2 Å². The van der Waals surface area contributed by atoms with Gasteiger partial charge in [-0.1, -0.05) is 56.7 Å². The lowest BCUT2D eigenvalue weighted by Gasteiger charge is -2.09. The molecule has 0 aromatic heterocycles. The summed E-state index contributed by atoms with van der Waals surface area (Å²) in [4.78, 5) is 0. The summed E-state index contributed by atoms with van der Waals surface area (Å²) in [6.07, 6.45) is 7.97. The Morgan fingerprint density at radius 3 is 2.53 bits per heavy atom. The van der Waals surface area contributed by atoms with Gasteiger partial charge in [0.25, 0.3) is 0 Å². The largest absolute Gasteiger partial charge is 0.384 e. The fourth-order valence-electron chi connectivity index (χ4n) is 1.90. The number of unbranched alkanes of at least 4 members (excludes halogenated alkanes) is 5. The van der Waals surface area contributed by atoms with Gasteiger partial charge in [-0.2, -0.15) is 0 Å². The van der Waals surface area contributed by atoms with Crippen LogP contribution in [0.4, 0.5) is 5.69 Å². The van der Waals surface area contributed by atoms with Gasteiger partial charge in [0.2, 0.25) is 0 Å². The lowest BCUT2D eigenvalue weighted by atomic mass is 10.1. The summed E-state index contributed by atoms with van der Waals surface area (Å²) < 4.78 is 0. The summed E-state index contributed by atoms with van der Waals surface area (Å²) in [5.74, 6) is 0. The molecule has 0 heterocycles. The van der Waals surface area contributed by atoms with Gasteiger partial charge < -0.3 is 5.32 Å². The van der Waals surface area contributed by atoms with E-state index in [4.69, 9.17) is 11.6 Å². The van der Waals surface area contributed by atoms with Gasteiger partial charge >= 0.3 is 0 Å². The van der Waals surface area contributed by atoms with Crippen LogP contribution < -0.4 is 5.32 Å². The van der Waals surface area contributed by atoms with Crippen molar-refractivity contribution >= 4 is 17.3 Å². The third kappa shape index (κ3) is 5.97. The molecule has 0 amide bonds. The predicted octanol–water partition coefficient (Wildman–Crippen LogP) is 5.42. The number of benzene rings is 1. The maximum absolute atomic E-state index is 6.12. The van der Waals surface area contributed by atoms with Crippen molar-refractivity contribution in [3.05, 3.63) is 28.8 Å². The molecule has 0 aliphatic rings. The molecular weight excluding hydrogens is 230 g/mol. The van der Waals surface area contributed by atoms with E-state index < -0.39 is 0 Å². The van der Waals surface area contributed by atoms with Crippen LogP contribution >= 0.6 is 11.6 Å². The molecule has 0 spiro atoms. The Balaban J connectivity index is 2.15. The van der Waals surface area contributed by atoms with E-state index in [0.717, 1.165) is 17.3 Å². The topological polar surface area (TPSA) is 12.0 Å². The minimum Gasteiger partial charge on any atom is -0.384 e. The fourth-order valence-corrected chi connectivity index (χ4v) is 2.09. The molecule has 1 aromatic carbocycles. The minimum atomic E-state index is 0.821. The Bertz CT molecular complexity index is 323. The van der Waals surface area contributed by atoms with Crippen molar-refractivity contribution in [2.24, 2.45) is 0 Å².